The zero-order chi connectivity index (χ0) is 26.6. The van der Waals surface area contributed by atoms with E-state index in [2.05, 4.69) is 31.4 Å². The molecule has 0 bridgehead atoms. The summed E-state index contributed by atoms with van der Waals surface area (Å²) in [4.78, 5) is 20.8. The molecule has 11 nitrogen and oxygen atoms in total. The van der Waals surface area contributed by atoms with Gasteiger partial charge in [0.1, 0.15) is 5.82 Å². The van der Waals surface area contributed by atoms with Crippen molar-refractivity contribution in [3.05, 3.63) is 57.9 Å². The highest BCUT2D eigenvalue weighted by atomic mass is 32.2. The summed E-state index contributed by atoms with van der Waals surface area (Å²) in [5.74, 6) is 3.41. The molecule has 0 radical (unpaired) electrons. The lowest BCUT2D eigenvalue weighted by molar-refractivity contribution is 0.0877. The number of nitrogens with zero attached hydrogens (tertiary/aromatic N) is 6. The van der Waals surface area contributed by atoms with E-state index in [1.807, 2.05) is 13.8 Å². The van der Waals surface area contributed by atoms with Crippen LogP contribution in [0.25, 0.3) is 17.3 Å². The topological polar surface area (TPSA) is 150 Å². The normalized spacial score (nSPS) is 15.2. The fourth-order valence-corrected chi connectivity index (χ4v) is 3.82. The summed E-state index contributed by atoms with van der Waals surface area (Å²) in [5.41, 5.74) is 1.69. The maximum atomic E-state index is 13.6. The van der Waals surface area contributed by atoms with Crippen molar-refractivity contribution in [2.45, 2.75) is 44.9 Å². The first kappa shape index (κ1) is 27.2. The van der Waals surface area contributed by atoms with Crippen LogP contribution in [0.3, 0.4) is 0 Å². The third kappa shape index (κ3) is 6.62. The maximum Gasteiger partial charge on any atom is 0.361 e. The van der Waals surface area contributed by atoms with Crippen LogP contribution in [-0.4, -0.2) is 76.0 Å². The molecule has 0 fully saturated rings. The van der Waals surface area contributed by atoms with Gasteiger partial charge in [0.15, 0.2) is 0 Å². The highest BCUT2D eigenvalue weighted by Gasteiger charge is 2.21. The van der Waals surface area contributed by atoms with Gasteiger partial charge >= 0.3 is 5.69 Å². The first-order valence-electron chi connectivity index (χ1n) is 11.1. The number of nitrogens with one attached hydrogen (secondary N) is 1. The summed E-state index contributed by atoms with van der Waals surface area (Å²) in [7, 11) is -1.07. The van der Waals surface area contributed by atoms with E-state index in [0.717, 1.165) is 4.68 Å². The molecule has 0 amide bonds. The van der Waals surface area contributed by atoms with Crippen LogP contribution in [0.4, 0.5) is 10.3 Å². The number of rotatable bonds is 10. The van der Waals surface area contributed by atoms with Gasteiger partial charge in [-0.25, -0.2) is 28.5 Å². The Bertz CT molecular complexity index is 1380. The molecule has 13 heteroatoms. The van der Waals surface area contributed by atoms with E-state index in [1.165, 1.54) is 28.8 Å². The summed E-state index contributed by atoms with van der Waals surface area (Å²) >= 11 is 0. The molecule has 1 unspecified atom stereocenters. The van der Waals surface area contributed by atoms with Crippen molar-refractivity contribution in [3.63, 3.8) is 0 Å². The first-order chi connectivity index (χ1) is 16.9. The molecule has 3 atom stereocenters. The van der Waals surface area contributed by atoms with Crippen molar-refractivity contribution in [1.82, 2.24) is 30.2 Å². The molecular weight excluding hydrogens is 489 g/mol. The van der Waals surface area contributed by atoms with Gasteiger partial charge in [-0.1, -0.05) is 26.0 Å². The molecule has 2 aromatic heterocycles. The Hall–Kier alpha value is -3.42. The van der Waals surface area contributed by atoms with E-state index in [-0.39, 0.29) is 24.8 Å². The fourth-order valence-electron chi connectivity index (χ4n) is 3.40. The summed E-state index contributed by atoms with van der Waals surface area (Å²) in [6.45, 7) is 3.73. The van der Waals surface area contributed by atoms with Crippen molar-refractivity contribution in [1.29, 1.82) is 0 Å². The van der Waals surface area contributed by atoms with Gasteiger partial charge < -0.3 is 10.2 Å². The van der Waals surface area contributed by atoms with E-state index in [0.29, 0.717) is 22.5 Å². The van der Waals surface area contributed by atoms with Gasteiger partial charge in [-0.3, -0.25) is 4.31 Å². The minimum absolute atomic E-state index is 0.0697. The second kappa shape index (κ2) is 11.1. The second-order valence-electron chi connectivity index (χ2n) is 8.79. The largest absolute Gasteiger partial charge is 0.391 e. The molecule has 0 spiro atoms. The Kier molecular flexibility index (Phi) is 8.38. The zero-order valence-corrected chi connectivity index (χ0v) is 21.3. The highest BCUT2D eigenvalue weighted by Crippen LogP contribution is 2.31. The van der Waals surface area contributed by atoms with Gasteiger partial charge in [0.2, 0.25) is 5.95 Å². The molecule has 0 aliphatic carbocycles. The van der Waals surface area contributed by atoms with Crippen LogP contribution in [0, 0.1) is 5.82 Å². The van der Waals surface area contributed by atoms with E-state index < -0.39 is 33.4 Å². The number of anilines is 1. The van der Waals surface area contributed by atoms with E-state index in [4.69, 9.17) is 0 Å². The van der Waals surface area contributed by atoms with Crippen LogP contribution in [0.2, 0.25) is 0 Å². The Morgan fingerprint density at radius 3 is 2.47 bits per heavy atom. The average molecular weight is 520 g/mol. The maximum absolute atomic E-state index is 13.6. The summed E-state index contributed by atoms with van der Waals surface area (Å²) in [6.07, 6.45) is 2.41. The van der Waals surface area contributed by atoms with Gasteiger partial charge in [0.05, 0.1) is 30.1 Å². The minimum Gasteiger partial charge on any atom is -0.391 e. The number of benzene rings is 1. The zero-order valence-electron chi connectivity index (χ0n) is 20.5. The molecule has 0 saturated carbocycles. The minimum atomic E-state index is -2.65. The van der Waals surface area contributed by atoms with Crippen molar-refractivity contribution >= 4 is 27.6 Å². The Balaban J connectivity index is 2.00. The Labute approximate surface area is 208 Å². The molecule has 1 aromatic carbocycles. The lowest BCUT2D eigenvalue weighted by Gasteiger charge is -2.22. The molecule has 3 N–H and O–H groups in total. The Morgan fingerprint density at radius 1 is 1.25 bits per heavy atom. The number of aromatic nitrogens is 6. The van der Waals surface area contributed by atoms with Gasteiger partial charge in [-0.15, -0.1) is 0 Å². The quantitative estimate of drug-likeness (QED) is 0.338. The smallest absolute Gasteiger partial charge is 0.361 e. The number of aliphatic hydroxyl groups excluding tert-OH is 2. The molecule has 0 aliphatic rings. The molecule has 0 saturated heterocycles. The summed E-state index contributed by atoms with van der Waals surface area (Å²) < 4.78 is 28.6. The van der Waals surface area contributed by atoms with Gasteiger partial charge in [0, 0.05) is 40.6 Å². The number of halogens is 1. The molecule has 3 aromatic rings. The average Bonchev–Trinajstić information content (AvgIpc) is 3.20. The predicted octanol–water partition coefficient (Wildman–Crippen LogP) is 1.21. The number of hydrogen-bond acceptors (Lipinski definition) is 8. The molecule has 0 aliphatic heterocycles. The third-order valence-electron chi connectivity index (χ3n) is 5.40. The summed E-state index contributed by atoms with van der Waals surface area (Å²) in [6, 6.07) is 5.77. The van der Waals surface area contributed by atoms with Crippen molar-refractivity contribution in [2.24, 2.45) is 0 Å². The number of hydrogen-bond donors (Lipinski definition) is 3. The van der Waals surface area contributed by atoms with Crippen LogP contribution < -0.4 is 9.99 Å². The van der Waals surface area contributed by atoms with Gasteiger partial charge in [-0.2, -0.15) is 4.68 Å². The Morgan fingerprint density at radius 2 is 1.92 bits per heavy atom. The number of aromatic amines is 1. The monoisotopic (exact) mass is 519 g/mol. The molecule has 36 heavy (non-hydrogen) atoms. The van der Waals surface area contributed by atoms with E-state index in [1.54, 1.807) is 25.3 Å². The van der Waals surface area contributed by atoms with E-state index in [9.17, 15) is 23.6 Å². The van der Waals surface area contributed by atoms with Crippen molar-refractivity contribution in [3.8, 4) is 11.3 Å². The molecule has 3 rings (SSSR count). The number of H-pyrrole nitrogens is 1. The van der Waals surface area contributed by atoms with Crippen molar-refractivity contribution in [2.75, 3.05) is 17.6 Å². The lowest BCUT2D eigenvalue weighted by Crippen LogP contribution is -2.28. The number of tetrazole rings is 1. The molecular formula is C23H30FN7O4S. The second-order valence-corrected chi connectivity index (χ2v) is 11.3. The first-order valence-corrected chi connectivity index (χ1v) is 13.2. The van der Waals surface area contributed by atoms with Gasteiger partial charge in [0.25, 0.3) is 0 Å². The predicted molar refractivity (Wildman–Crippen MR) is 137 cm³/mol. The molecule has 194 valence electrons. The van der Waals surface area contributed by atoms with E-state index >= 15 is 0 Å². The van der Waals surface area contributed by atoms with Crippen LogP contribution in [0.1, 0.15) is 37.4 Å². The van der Waals surface area contributed by atoms with Crippen LogP contribution >= 0.6 is 0 Å². The SMILES string of the molecule is C=S(C)(=O)N(C)c1nc(-c2ccc(F)cc2)c(/C=C/[C@@H](O)C[C@@H](O)Cn2nn[nH]c2=O)c(C(C)C)n1. The molecule has 2 heterocycles. The fraction of sp³-hybridized carbons (Fsp3) is 0.391. The van der Waals surface area contributed by atoms with Gasteiger partial charge in [-0.05, 0) is 46.5 Å². The highest BCUT2D eigenvalue weighted by molar-refractivity contribution is 8.00. The van der Waals surface area contributed by atoms with Crippen LogP contribution in [0.5, 0.6) is 0 Å². The van der Waals surface area contributed by atoms with Crippen LogP contribution in [-0.2, 0) is 16.3 Å². The third-order valence-corrected chi connectivity index (χ3v) is 6.73. The van der Waals surface area contributed by atoms with Crippen LogP contribution in [0.15, 0.2) is 35.1 Å². The summed E-state index contributed by atoms with van der Waals surface area (Å²) in [5, 5.41) is 29.8. The van der Waals surface area contributed by atoms with Crippen molar-refractivity contribution < 1.29 is 18.8 Å². The standard InChI is InChI=1S/C23H30FN7O4S/c1-14(2)20-19(11-10-17(32)12-18(33)13-31-23(34)27-28-29-31)21(15-6-8-16(24)9-7-15)26-22(25-20)30(3)36(4,5)35/h6-11,14,17-18,32-33H,4,12-13H2,1-3,5H3,(H,27,29,34)/b11-10+/t17-,18-,36?/m1/s1. The lowest BCUT2D eigenvalue weighted by atomic mass is 9.97. The number of aliphatic hydroxyl groups is 2.